The van der Waals surface area contributed by atoms with Gasteiger partial charge < -0.3 is 19.9 Å². The molecule has 2 heterocycles. The summed E-state index contributed by atoms with van der Waals surface area (Å²) in [7, 11) is 3.76. The van der Waals surface area contributed by atoms with Gasteiger partial charge in [0.2, 0.25) is 11.8 Å². The highest BCUT2D eigenvalue weighted by molar-refractivity contribution is 5.82. The average molecular weight is 361 g/mol. The maximum absolute atomic E-state index is 12.4. The van der Waals surface area contributed by atoms with Gasteiger partial charge in [-0.3, -0.25) is 9.59 Å². The van der Waals surface area contributed by atoms with Crippen LogP contribution in [-0.4, -0.2) is 66.2 Å². The van der Waals surface area contributed by atoms with Crippen LogP contribution < -0.4 is 15.0 Å². The molecule has 142 valence electrons. The Morgan fingerprint density at radius 1 is 1.19 bits per heavy atom. The number of hydrogen-bond acceptors (Lipinski definition) is 6. The lowest BCUT2D eigenvalue weighted by Gasteiger charge is -2.33. The standard InChI is InChI=1S/C18H27N5O3/c1-12(26-16-7-6-15(20-21-16)22(2)3)17(24)19-14-8-10-23(11-9-14)18(25)13-4-5-13/h6-7,12-14H,4-5,8-11H2,1-3H3,(H,19,24). The number of nitrogens with one attached hydrogen (secondary N) is 1. The molecule has 0 spiro atoms. The largest absolute Gasteiger partial charge is 0.463 e. The smallest absolute Gasteiger partial charge is 0.261 e. The van der Waals surface area contributed by atoms with Gasteiger partial charge in [-0.05, 0) is 38.7 Å². The summed E-state index contributed by atoms with van der Waals surface area (Å²) >= 11 is 0. The van der Waals surface area contributed by atoms with Crippen LogP contribution in [0.15, 0.2) is 12.1 Å². The molecule has 1 aromatic heterocycles. The predicted octanol–water partition coefficient (Wildman–Crippen LogP) is 0.827. The number of piperidine rings is 1. The minimum absolute atomic E-state index is 0.0824. The first-order valence-electron chi connectivity index (χ1n) is 9.21. The van der Waals surface area contributed by atoms with E-state index in [1.165, 1.54) is 0 Å². The van der Waals surface area contributed by atoms with Gasteiger partial charge in [-0.25, -0.2) is 0 Å². The molecular formula is C18H27N5O3. The Labute approximate surface area is 153 Å². The van der Waals surface area contributed by atoms with Crippen LogP contribution in [0.2, 0.25) is 0 Å². The summed E-state index contributed by atoms with van der Waals surface area (Å²) in [5.41, 5.74) is 0. The van der Waals surface area contributed by atoms with E-state index in [1.54, 1.807) is 19.1 Å². The molecule has 0 radical (unpaired) electrons. The summed E-state index contributed by atoms with van der Waals surface area (Å²) in [4.78, 5) is 28.2. The molecule has 3 rings (SSSR count). The van der Waals surface area contributed by atoms with E-state index in [1.807, 2.05) is 23.9 Å². The van der Waals surface area contributed by atoms with E-state index in [0.29, 0.717) is 19.0 Å². The van der Waals surface area contributed by atoms with Crippen LogP contribution in [0.4, 0.5) is 5.82 Å². The molecular weight excluding hydrogens is 334 g/mol. The molecule has 8 nitrogen and oxygen atoms in total. The van der Waals surface area contributed by atoms with Crippen molar-refractivity contribution in [3.63, 3.8) is 0 Å². The zero-order valence-electron chi connectivity index (χ0n) is 15.6. The first-order chi connectivity index (χ1) is 12.4. The van der Waals surface area contributed by atoms with Crippen LogP contribution in [0.1, 0.15) is 32.6 Å². The zero-order valence-corrected chi connectivity index (χ0v) is 15.6. The van der Waals surface area contributed by atoms with Gasteiger partial charge in [-0.1, -0.05) is 0 Å². The van der Waals surface area contributed by atoms with Crippen LogP contribution >= 0.6 is 0 Å². The Hall–Kier alpha value is -2.38. The van der Waals surface area contributed by atoms with Crippen LogP contribution in [0.3, 0.4) is 0 Å². The van der Waals surface area contributed by atoms with Crippen molar-refractivity contribution >= 4 is 17.6 Å². The third-order valence-electron chi connectivity index (χ3n) is 4.83. The van der Waals surface area contributed by atoms with E-state index < -0.39 is 6.10 Å². The van der Waals surface area contributed by atoms with E-state index in [2.05, 4.69) is 15.5 Å². The Balaban J connectivity index is 1.43. The molecule has 0 aromatic carbocycles. The number of amides is 2. The maximum Gasteiger partial charge on any atom is 0.261 e. The number of aromatic nitrogens is 2. The normalized spacial score (nSPS) is 19.0. The van der Waals surface area contributed by atoms with Crippen molar-refractivity contribution in [1.82, 2.24) is 20.4 Å². The monoisotopic (exact) mass is 361 g/mol. The predicted molar refractivity (Wildman–Crippen MR) is 96.9 cm³/mol. The third kappa shape index (κ3) is 4.62. The number of carbonyl (C=O) groups excluding carboxylic acids is 2. The molecule has 1 saturated carbocycles. The molecule has 2 fully saturated rings. The van der Waals surface area contributed by atoms with Crippen LogP contribution in [0, 0.1) is 5.92 Å². The minimum atomic E-state index is -0.652. The average Bonchev–Trinajstić information content (AvgIpc) is 3.47. The third-order valence-corrected chi connectivity index (χ3v) is 4.83. The number of rotatable bonds is 6. The Morgan fingerprint density at radius 2 is 1.88 bits per heavy atom. The molecule has 26 heavy (non-hydrogen) atoms. The first kappa shape index (κ1) is 18.4. The first-order valence-corrected chi connectivity index (χ1v) is 9.21. The summed E-state index contributed by atoms with van der Waals surface area (Å²) in [6, 6.07) is 3.58. The zero-order chi connectivity index (χ0) is 18.7. The number of likely N-dealkylation sites (tertiary alicyclic amines) is 1. The number of carbonyl (C=O) groups is 2. The fraction of sp³-hybridized carbons (Fsp3) is 0.667. The summed E-state index contributed by atoms with van der Waals surface area (Å²) in [5, 5.41) is 11.0. The molecule has 1 N–H and O–H groups in total. The van der Waals surface area contributed by atoms with E-state index >= 15 is 0 Å². The second-order valence-electron chi connectivity index (χ2n) is 7.27. The van der Waals surface area contributed by atoms with Crippen LogP contribution in [0.25, 0.3) is 0 Å². The van der Waals surface area contributed by atoms with Crippen molar-refractivity contribution in [1.29, 1.82) is 0 Å². The number of ether oxygens (including phenoxy) is 1. The number of anilines is 1. The van der Waals surface area contributed by atoms with Gasteiger partial charge in [-0.15, -0.1) is 10.2 Å². The van der Waals surface area contributed by atoms with Crippen molar-refractivity contribution in [3.8, 4) is 5.88 Å². The second-order valence-corrected chi connectivity index (χ2v) is 7.27. The van der Waals surface area contributed by atoms with Crippen LogP contribution in [-0.2, 0) is 9.59 Å². The molecule has 0 bridgehead atoms. The van der Waals surface area contributed by atoms with Gasteiger partial charge in [0.15, 0.2) is 11.9 Å². The molecule has 1 unspecified atom stereocenters. The van der Waals surface area contributed by atoms with Crippen LogP contribution in [0.5, 0.6) is 5.88 Å². The van der Waals surface area contributed by atoms with Crippen molar-refractivity contribution in [2.75, 3.05) is 32.1 Å². The maximum atomic E-state index is 12.4. The summed E-state index contributed by atoms with van der Waals surface area (Å²) < 4.78 is 5.58. The molecule has 2 aliphatic rings. The fourth-order valence-electron chi connectivity index (χ4n) is 3.00. The van der Waals surface area contributed by atoms with E-state index in [4.69, 9.17) is 4.74 Å². The van der Waals surface area contributed by atoms with Gasteiger partial charge in [0, 0.05) is 45.2 Å². The van der Waals surface area contributed by atoms with Crippen molar-refractivity contribution < 1.29 is 14.3 Å². The van der Waals surface area contributed by atoms with E-state index in [0.717, 1.165) is 31.5 Å². The highest BCUT2D eigenvalue weighted by Crippen LogP contribution is 2.31. The van der Waals surface area contributed by atoms with Gasteiger partial charge in [0.05, 0.1) is 0 Å². The lowest BCUT2D eigenvalue weighted by molar-refractivity contribution is -0.134. The minimum Gasteiger partial charge on any atom is -0.463 e. The summed E-state index contributed by atoms with van der Waals surface area (Å²) in [6.07, 6.45) is 2.98. The molecule has 1 aliphatic carbocycles. The second kappa shape index (κ2) is 7.88. The number of nitrogens with zero attached hydrogens (tertiary/aromatic N) is 4. The lowest BCUT2D eigenvalue weighted by Crippen LogP contribution is -2.49. The molecule has 1 saturated heterocycles. The number of hydrogen-bond donors (Lipinski definition) is 1. The van der Waals surface area contributed by atoms with Crippen molar-refractivity contribution in [2.24, 2.45) is 5.92 Å². The highest BCUT2D eigenvalue weighted by atomic mass is 16.5. The Kier molecular flexibility index (Phi) is 5.58. The van der Waals surface area contributed by atoms with Crippen molar-refractivity contribution in [3.05, 3.63) is 12.1 Å². The quantitative estimate of drug-likeness (QED) is 0.807. The highest BCUT2D eigenvalue weighted by Gasteiger charge is 2.35. The topological polar surface area (TPSA) is 87.7 Å². The van der Waals surface area contributed by atoms with Gasteiger partial charge in [0.25, 0.3) is 5.91 Å². The van der Waals surface area contributed by atoms with Gasteiger partial charge >= 0.3 is 0 Å². The molecule has 8 heteroatoms. The van der Waals surface area contributed by atoms with E-state index in [-0.39, 0.29) is 23.8 Å². The van der Waals surface area contributed by atoms with Gasteiger partial charge in [0.1, 0.15) is 0 Å². The molecule has 1 aromatic rings. The summed E-state index contributed by atoms with van der Waals surface area (Å²) in [5.74, 6) is 1.42. The Morgan fingerprint density at radius 3 is 2.42 bits per heavy atom. The van der Waals surface area contributed by atoms with E-state index in [9.17, 15) is 9.59 Å². The SMILES string of the molecule is CC(Oc1ccc(N(C)C)nn1)C(=O)NC1CCN(C(=O)C2CC2)CC1. The van der Waals surface area contributed by atoms with Gasteiger partial charge in [-0.2, -0.15) is 0 Å². The molecule has 1 atom stereocenters. The van der Waals surface area contributed by atoms with Crippen molar-refractivity contribution in [2.45, 2.75) is 44.8 Å². The fourth-order valence-corrected chi connectivity index (χ4v) is 3.00. The molecule has 1 aliphatic heterocycles. The lowest BCUT2D eigenvalue weighted by atomic mass is 10.0. The molecule has 2 amide bonds. The summed E-state index contributed by atoms with van der Waals surface area (Å²) in [6.45, 7) is 3.13. The Bertz CT molecular complexity index is 637.